The van der Waals surface area contributed by atoms with Crippen LogP contribution < -0.4 is 0 Å². The molecule has 0 aromatic heterocycles. The highest BCUT2D eigenvalue weighted by molar-refractivity contribution is 5.01. The average molecular weight is 226 g/mol. The summed E-state index contributed by atoms with van der Waals surface area (Å²) < 4.78 is 10.3. The second-order valence-electron chi connectivity index (χ2n) is 3.80. The monoisotopic (exact) mass is 226 g/mol. The first-order valence-corrected chi connectivity index (χ1v) is 6.22. The lowest BCUT2D eigenvalue weighted by molar-refractivity contribution is -0.107. The molecule has 0 atom stereocenters. The summed E-state index contributed by atoms with van der Waals surface area (Å²) in [4.78, 5) is 0. The van der Waals surface area contributed by atoms with E-state index in [1.807, 2.05) is 0 Å². The van der Waals surface area contributed by atoms with Crippen molar-refractivity contribution in [2.24, 2.45) is 0 Å². The summed E-state index contributed by atoms with van der Waals surface area (Å²) in [7, 11) is 3.38. The Labute approximate surface area is 100 Å². The smallest absolute Gasteiger partial charge is 0.156 e. The molecular weight excluding hydrogens is 200 g/mol. The first-order valence-electron chi connectivity index (χ1n) is 6.22. The molecule has 0 saturated heterocycles. The summed E-state index contributed by atoms with van der Waals surface area (Å²) in [6, 6.07) is 0. The third-order valence-electron chi connectivity index (χ3n) is 2.46. The van der Waals surface area contributed by atoms with Crippen LogP contribution >= 0.6 is 0 Å². The van der Waals surface area contributed by atoms with Crippen molar-refractivity contribution in [3.63, 3.8) is 0 Å². The van der Waals surface area contributed by atoms with Crippen molar-refractivity contribution in [1.29, 1.82) is 0 Å². The van der Waals surface area contributed by atoms with Gasteiger partial charge in [-0.3, -0.25) is 0 Å². The molecule has 0 heterocycles. The van der Waals surface area contributed by atoms with Crippen molar-refractivity contribution < 1.29 is 9.47 Å². The Kier molecular flexibility index (Phi) is 12.0. The Morgan fingerprint density at radius 2 is 1.62 bits per heavy atom. The van der Waals surface area contributed by atoms with E-state index in [4.69, 9.17) is 9.47 Å². The van der Waals surface area contributed by atoms with Crippen LogP contribution in [0.25, 0.3) is 0 Å². The summed E-state index contributed by atoms with van der Waals surface area (Å²) in [5.74, 6) is 0. The first-order chi connectivity index (χ1) is 7.85. The Morgan fingerprint density at radius 1 is 0.938 bits per heavy atom. The van der Waals surface area contributed by atoms with Gasteiger partial charge in [-0.1, -0.05) is 37.6 Å². The molecule has 2 heteroatoms. The van der Waals surface area contributed by atoms with E-state index >= 15 is 0 Å². The first kappa shape index (κ1) is 15.4. The SMILES string of the molecule is CCC=CC=CCCCCCC(OC)OC. The van der Waals surface area contributed by atoms with Gasteiger partial charge in [-0.25, -0.2) is 0 Å². The number of ether oxygens (including phenoxy) is 2. The summed E-state index contributed by atoms with van der Waals surface area (Å²) in [5.41, 5.74) is 0. The summed E-state index contributed by atoms with van der Waals surface area (Å²) in [6.45, 7) is 2.15. The second kappa shape index (κ2) is 12.5. The molecular formula is C14H26O2. The molecule has 94 valence electrons. The van der Waals surface area contributed by atoms with Gasteiger partial charge in [0.15, 0.2) is 6.29 Å². The molecule has 0 N–H and O–H groups in total. The molecule has 0 aromatic rings. The Morgan fingerprint density at radius 3 is 2.25 bits per heavy atom. The van der Waals surface area contributed by atoms with E-state index in [2.05, 4.69) is 31.2 Å². The molecule has 0 bridgehead atoms. The van der Waals surface area contributed by atoms with Gasteiger partial charge in [-0.15, -0.1) is 0 Å². The lowest BCUT2D eigenvalue weighted by atomic mass is 10.1. The lowest BCUT2D eigenvalue weighted by Crippen LogP contribution is -2.12. The number of hydrogen-bond acceptors (Lipinski definition) is 2. The van der Waals surface area contributed by atoms with Gasteiger partial charge in [-0.05, 0) is 32.1 Å². The normalized spacial score (nSPS) is 12.2. The van der Waals surface area contributed by atoms with Gasteiger partial charge < -0.3 is 9.47 Å². The molecule has 0 unspecified atom stereocenters. The summed E-state index contributed by atoms with van der Waals surface area (Å²) in [6.07, 6.45) is 15.6. The molecule has 2 nitrogen and oxygen atoms in total. The Hall–Kier alpha value is -0.600. The Bertz CT molecular complexity index is 181. The predicted molar refractivity (Wildman–Crippen MR) is 69.5 cm³/mol. The summed E-state index contributed by atoms with van der Waals surface area (Å²) in [5, 5.41) is 0. The lowest BCUT2D eigenvalue weighted by Gasteiger charge is -2.12. The van der Waals surface area contributed by atoms with Crippen LogP contribution in [0.1, 0.15) is 45.4 Å². The van der Waals surface area contributed by atoms with E-state index in [9.17, 15) is 0 Å². The van der Waals surface area contributed by atoms with E-state index in [1.54, 1.807) is 14.2 Å². The average Bonchev–Trinajstić information content (AvgIpc) is 2.32. The van der Waals surface area contributed by atoms with Crippen LogP contribution in [0.2, 0.25) is 0 Å². The molecule has 0 aromatic carbocycles. The van der Waals surface area contributed by atoms with Crippen LogP contribution in [0.3, 0.4) is 0 Å². The largest absolute Gasteiger partial charge is 0.356 e. The molecule has 0 spiro atoms. The van der Waals surface area contributed by atoms with Gasteiger partial charge in [0.05, 0.1) is 0 Å². The van der Waals surface area contributed by atoms with Crippen molar-refractivity contribution in [3.05, 3.63) is 24.3 Å². The molecule has 0 aliphatic carbocycles. The Balaban J connectivity index is 3.27. The van der Waals surface area contributed by atoms with E-state index in [0.717, 1.165) is 12.8 Å². The number of hydrogen-bond donors (Lipinski definition) is 0. The van der Waals surface area contributed by atoms with Gasteiger partial charge in [0.25, 0.3) is 0 Å². The topological polar surface area (TPSA) is 18.5 Å². The molecule has 0 aliphatic heterocycles. The molecule has 0 radical (unpaired) electrons. The fourth-order valence-electron chi connectivity index (χ4n) is 1.47. The molecule has 0 amide bonds. The maximum Gasteiger partial charge on any atom is 0.156 e. The fraction of sp³-hybridized carbons (Fsp3) is 0.714. The predicted octanol–water partition coefficient (Wildman–Crippen LogP) is 4.08. The highest BCUT2D eigenvalue weighted by atomic mass is 16.7. The van der Waals surface area contributed by atoms with Crippen LogP contribution in [-0.4, -0.2) is 20.5 Å². The van der Waals surface area contributed by atoms with Crippen LogP contribution in [-0.2, 0) is 9.47 Å². The zero-order valence-electron chi connectivity index (χ0n) is 10.9. The number of unbranched alkanes of at least 4 members (excludes halogenated alkanes) is 3. The van der Waals surface area contributed by atoms with Crippen molar-refractivity contribution >= 4 is 0 Å². The fourth-order valence-corrected chi connectivity index (χ4v) is 1.47. The van der Waals surface area contributed by atoms with E-state index in [1.165, 1.54) is 25.7 Å². The molecule has 0 rings (SSSR count). The maximum atomic E-state index is 5.13. The maximum absolute atomic E-state index is 5.13. The minimum absolute atomic E-state index is 0.0250. The van der Waals surface area contributed by atoms with Gasteiger partial charge in [0, 0.05) is 14.2 Å². The highest BCUT2D eigenvalue weighted by Crippen LogP contribution is 2.08. The van der Waals surface area contributed by atoms with Crippen molar-refractivity contribution in [2.75, 3.05) is 14.2 Å². The molecule has 0 saturated carbocycles. The highest BCUT2D eigenvalue weighted by Gasteiger charge is 2.02. The third kappa shape index (κ3) is 9.94. The standard InChI is InChI=1S/C14H26O2/c1-4-5-6-7-8-9-10-11-12-13-14(15-2)16-3/h5-8,14H,4,9-13H2,1-3H3. The van der Waals surface area contributed by atoms with Crippen LogP contribution in [0.15, 0.2) is 24.3 Å². The molecule has 0 aliphatic rings. The van der Waals surface area contributed by atoms with E-state index < -0.39 is 0 Å². The zero-order valence-corrected chi connectivity index (χ0v) is 10.9. The molecule has 0 fully saturated rings. The number of allylic oxidation sites excluding steroid dienone is 4. The van der Waals surface area contributed by atoms with Gasteiger partial charge in [0.1, 0.15) is 0 Å². The van der Waals surface area contributed by atoms with Gasteiger partial charge in [-0.2, -0.15) is 0 Å². The van der Waals surface area contributed by atoms with Crippen molar-refractivity contribution in [2.45, 2.75) is 51.7 Å². The van der Waals surface area contributed by atoms with Crippen LogP contribution in [0.5, 0.6) is 0 Å². The number of methoxy groups -OCH3 is 2. The van der Waals surface area contributed by atoms with Gasteiger partial charge >= 0.3 is 0 Å². The van der Waals surface area contributed by atoms with Crippen LogP contribution in [0.4, 0.5) is 0 Å². The second-order valence-corrected chi connectivity index (χ2v) is 3.80. The molecule has 16 heavy (non-hydrogen) atoms. The number of rotatable bonds is 10. The third-order valence-corrected chi connectivity index (χ3v) is 2.46. The van der Waals surface area contributed by atoms with Crippen molar-refractivity contribution in [3.8, 4) is 0 Å². The zero-order chi connectivity index (χ0) is 12.1. The van der Waals surface area contributed by atoms with E-state index in [0.29, 0.717) is 0 Å². The van der Waals surface area contributed by atoms with Crippen LogP contribution in [0, 0.1) is 0 Å². The summed E-state index contributed by atoms with van der Waals surface area (Å²) >= 11 is 0. The van der Waals surface area contributed by atoms with Crippen molar-refractivity contribution in [1.82, 2.24) is 0 Å². The quantitative estimate of drug-likeness (QED) is 0.317. The minimum atomic E-state index is -0.0250. The van der Waals surface area contributed by atoms with E-state index in [-0.39, 0.29) is 6.29 Å². The minimum Gasteiger partial charge on any atom is -0.356 e. The van der Waals surface area contributed by atoms with Gasteiger partial charge in [0.2, 0.25) is 0 Å².